The Hall–Kier alpha value is -2.69. The molecule has 0 N–H and O–H groups in total. The van der Waals surface area contributed by atoms with Crippen LogP contribution in [0.3, 0.4) is 0 Å². The van der Waals surface area contributed by atoms with Crippen molar-refractivity contribution in [3.05, 3.63) is 101 Å². The number of hydrogen-bond donors (Lipinski definition) is 0. The predicted molar refractivity (Wildman–Crippen MR) is 170 cm³/mol. The standard InChI is InChI=1S/C33H43O4PSi/c1-8-35-38(34,36-9-2)26-31-20-18-29(19-21-31)15-14-27-10-12-28(13-11-27)16-17-30-22-24-32(25-23-30)37-39(6,7)33(3,4)5/h10-25H,8-9,26H2,1-7H3/b15-14+,17-16+. The van der Waals surface area contributed by atoms with Gasteiger partial charge in [0.15, 0.2) is 0 Å². The van der Waals surface area contributed by atoms with Crippen LogP contribution >= 0.6 is 7.60 Å². The lowest BCUT2D eigenvalue weighted by atomic mass is 10.1. The largest absolute Gasteiger partial charge is 0.544 e. The van der Waals surface area contributed by atoms with Crippen molar-refractivity contribution in [2.75, 3.05) is 13.2 Å². The van der Waals surface area contributed by atoms with E-state index < -0.39 is 15.9 Å². The first-order valence-corrected chi connectivity index (χ1v) is 18.3. The molecule has 0 radical (unpaired) electrons. The van der Waals surface area contributed by atoms with Gasteiger partial charge in [0.05, 0.1) is 19.4 Å². The number of benzene rings is 3. The third kappa shape index (κ3) is 9.47. The van der Waals surface area contributed by atoms with Gasteiger partial charge in [0.1, 0.15) is 5.75 Å². The van der Waals surface area contributed by atoms with Gasteiger partial charge in [-0.3, -0.25) is 4.57 Å². The van der Waals surface area contributed by atoms with Crippen molar-refractivity contribution in [1.82, 2.24) is 0 Å². The maximum Gasteiger partial charge on any atom is 0.335 e. The number of hydrogen-bond acceptors (Lipinski definition) is 4. The first-order valence-electron chi connectivity index (χ1n) is 13.7. The van der Waals surface area contributed by atoms with E-state index in [1.165, 1.54) is 0 Å². The lowest BCUT2D eigenvalue weighted by Crippen LogP contribution is -2.43. The second-order valence-corrected chi connectivity index (χ2v) is 17.9. The first-order chi connectivity index (χ1) is 18.4. The number of rotatable bonds is 12. The summed E-state index contributed by atoms with van der Waals surface area (Å²) in [5, 5.41) is 0.179. The molecule has 6 heteroatoms. The Kier molecular flexibility index (Phi) is 10.7. The summed E-state index contributed by atoms with van der Waals surface area (Å²) in [5.74, 6) is 0.945. The fraction of sp³-hybridized carbons (Fsp3) is 0.333. The van der Waals surface area contributed by atoms with Crippen LogP contribution in [0.1, 0.15) is 62.4 Å². The molecule has 3 aromatic rings. The molecule has 0 bridgehead atoms. The second kappa shape index (κ2) is 13.6. The zero-order chi connectivity index (χ0) is 28.5. The molecule has 0 atom stereocenters. The van der Waals surface area contributed by atoms with Crippen LogP contribution in [0.4, 0.5) is 0 Å². The summed E-state index contributed by atoms with van der Waals surface area (Å²) < 4.78 is 29.9. The maximum absolute atomic E-state index is 12.8. The molecule has 0 aliphatic carbocycles. The molecule has 0 saturated heterocycles. The van der Waals surface area contributed by atoms with Gasteiger partial charge in [-0.05, 0) is 71.9 Å². The van der Waals surface area contributed by atoms with E-state index >= 15 is 0 Å². The zero-order valence-corrected chi connectivity index (χ0v) is 26.3. The molecule has 3 aromatic carbocycles. The third-order valence-electron chi connectivity index (χ3n) is 6.94. The highest BCUT2D eigenvalue weighted by atomic mass is 31.2. The molecule has 0 amide bonds. The summed E-state index contributed by atoms with van der Waals surface area (Å²) in [4.78, 5) is 0. The molecule has 0 aliphatic rings. The summed E-state index contributed by atoms with van der Waals surface area (Å²) in [6.45, 7) is 15.7. The molecule has 208 valence electrons. The average Bonchev–Trinajstić information content (AvgIpc) is 2.88. The minimum absolute atomic E-state index is 0.179. The van der Waals surface area contributed by atoms with Crippen LogP contribution in [0.15, 0.2) is 72.8 Å². The molecule has 0 aromatic heterocycles. The van der Waals surface area contributed by atoms with Gasteiger partial charge in [-0.1, -0.05) is 106 Å². The minimum Gasteiger partial charge on any atom is -0.544 e. The SMILES string of the molecule is CCOP(=O)(Cc1ccc(/C=C/c2ccc(/C=C/c3ccc(O[Si](C)(C)C(C)(C)C)cc3)cc2)cc1)OCC. The van der Waals surface area contributed by atoms with E-state index in [-0.39, 0.29) is 11.2 Å². The lowest BCUT2D eigenvalue weighted by Gasteiger charge is -2.36. The van der Waals surface area contributed by atoms with E-state index in [0.717, 1.165) is 33.6 Å². The van der Waals surface area contributed by atoms with Crippen LogP contribution in [0.2, 0.25) is 18.1 Å². The van der Waals surface area contributed by atoms with Gasteiger partial charge in [0, 0.05) is 0 Å². The quantitative estimate of drug-likeness (QED) is 0.125. The van der Waals surface area contributed by atoms with Crippen LogP contribution in [0.25, 0.3) is 24.3 Å². The molecule has 0 fully saturated rings. The smallest absolute Gasteiger partial charge is 0.335 e. The monoisotopic (exact) mass is 562 g/mol. The van der Waals surface area contributed by atoms with Gasteiger partial charge in [0.2, 0.25) is 8.32 Å². The lowest BCUT2D eigenvalue weighted by molar-refractivity contribution is 0.219. The summed E-state index contributed by atoms with van der Waals surface area (Å²) in [7, 11) is -4.92. The van der Waals surface area contributed by atoms with Crippen LogP contribution in [0.5, 0.6) is 5.75 Å². The Labute approximate surface area is 236 Å². The summed E-state index contributed by atoms with van der Waals surface area (Å²) in [6.07, 6.45) is 8.70. The van der Waals surface area contributed by atoms with Crippen LogP contribution in [-0.2, 0) is 19.8 Å². The molecule has 0 heterocycles. The highest BCUT2D eigenvalue weighted by Gasteiger charge is 2.38. The van der Waals surface area contributed by atoms with Gasteiger partial charge in [-0.15, -0.1) is 0 Å². The predicted octanol–water partition coefficient (Wildman–Crippen LogP) is 10.2. The molecule has 3 rings (SSSR count). The van der Waals surface area contributed by atoms with E-state index in [1.807, 2.05) is 38.1 Å². The molecule has 0 unspecified atom stereocenters. The van der Waals surface area contributed by atoms with Crippen molar-refractivity contribution in [2.24, 2.45) is 0 Å². The molecule has 0 saturated carbocycles. The fourth-order valence-electron chi connectivity index (χ4n) is 3.68. The van der Waals surface area contributed by atoms with Gasteiger partial charge >= 0.3 is 7.60 Å². The molecule has 39 heavy (non-hydrogen) atoms. The Morgan fingerprint density at radius 1 is 0.667 bits per heavy atom. The Bertz CT molecular complexity index is 1280. The molecule has 0 spiro atoms. The van der Waals surface area contributed by atoms with E-state index in [1.54, 1.807) is 0 Å². The first kappa shape index (κ1) is 30.8. The average molecular weight is 563 g/mol. The maximum atomic E-state index is 12.8. The van der Waals surface area contributed by atoms with E-state index in [9.17, 15) is 4.57 Å². The topological polar surface area (TPSA) is 44.8 Å². The van der Waals surface area contributed by atoms with E-state index in [0.29, 0.717) is 13.2 Å². The Morgan fingerprint density at radius 2 is 1.03 bits per heavy atom. The van der Waals surface area contributed by atoms with Crippen molar-refractivity contribution in [1.29, 1.82) is 0 Å². The molecule has 4 nitrogen and oxygen atoms in total. The Balaban J connectivity index is 1.57. The molecular weight excluding hydrogens is 519 g/mol. The van der Waals surface area contributed by atoms with Gasteiger partial charge < -0.3 is 13.5 Å². The van der Waals surface area contributed by atoms with E-state index in [2.05, 4.69) is 107 Å². The van der Waals surface area contributed by atoms with Gasteiger partial charge in [0.25, 0.3) is 0 Å². The highest BCUT2D eigenvalue weighted by molar-refractivity contribution is 7.53. The summed E-state index contributed by atoms with van der Waals surface area (Å²) in [5.41, 5.74) is 5.42. The summed E-state index contributed by atoms with van der Waals surface area (Å²) in [6, 6.07) is 24.8. The van der Waals surface area contributed by atoms with Crippen LogP contribution in [0, 0.1) is 0 Å². The fourth-order valence-corrected chi connectivity index (χ4v) is 6.41. The molecule has 0 aliphatic heterocycles. The van der Waals surface area contributed by atoms with E-state index in [4.69, 9.17) is 13.5 Å². The van der Waals surface area contributed by atoms with Gasteiger partial charge in [-0.2, -0.15) is 0 Å². The highest BCUT2D eigenvalue weighted by Crippen LogP contribution is 2.51. The zero-order valence-electron chi connectivity index (χ0n) is 24.4. The van der Waals surface area contributed by atoms with Crippen molar-refractivity contribution in [2.45, 2.75) is 58.9 Å². The van der Waals surface area contributed by atoms with Gasteiger partial charge in [-0.25, -0.2) is 0 Å². The van der Waals surface area contributed by atoms with Crippen LogP contribution in [-0.4, -0.2) is 21.5 Å². The normalized spacial score (nSPS) is 12.9. The van der Waals surface area contributed by atoms with Crippen molar-refractivity contribution >= 4 is 40.2 Å². The Morgan fingerprint density at radius 3 is 1.38 bits per heavy atom. The van der Waals surface area contributed by atoms with Crippen molar-refractivity contribution < 1.29 is 18.0 Å². The van der Waals surface area contributed by atoms with Crippen molar-refractivity contribution in [3.63, 3.8) is 0 Å². The third-order valence-corrected chi connectivity index (χ3v) is 13.4. The van der Waals surface area contributed by atoms with Crippen LogP contribution < -0.4 is 4.43 Å². The summed E-state index contributed by atoms with van der Waals surface area (Å²) >= 11 is 0. The molecular formula is C33H43O4PSi. The second-order valence-electron chi connectivity index (χ2n) is 11.1. The van der Waals surface area contributed by atoms with Crippen molar-refractivity contribution in [3.8, 4) is 5.75 Å². The minimum atomic E-state index is -3.09.